The predicted octanol–water partition coefficient (Wildman–Crippen LogP) is 3.38. The highest BCUT2D eigenvalue weighted by molar-refractivity contribution is 7.99. The van der Waals surface area contributed by atoms with Gasteiger partial charge in [0.1, 0.15) is 11.3 Å². The number of thioether (sulfide) groups is 1. The smallest absolute Gasteiger partial charge is 0.233 e. The Hall–Kier alpha value is -2.22. The third-order valence-corrected chi connectivity index (χ3v) is 4.70. The van der Waals surface area contributed by atoms with E-state index >= 15 is 0 Å². The Bertz CT molecular complexity index is 916. The molecule has 3 aromatic rings. The number of amides is 1. The first-order chi connectivity index (χ1) is 11.9. The molecule has 0 aliphatic rings. The number of benzene rings is 1. The minimum absolute atomic E-state index is 0.0393. The lowest BCUT2D eigenvalue weighted by atomic mass is 10.2. The summed E-state index contributed by atoms with van der Waals surface area (Å²) in [5, 5.41) is 9.28. The number of nitrogens with one attached hydrogen (secondary N) is 1. The second kappa shape index (κ2) is 6.95. The highest BCUT2D eigenvalue weighted by atomic mass is 32.2. The molecule has 1 aromatic carbocycles. The van der Waals surface area contributed by atoms with E-state index < -0.39 is 0 Å². The van der Waals surface area contributed by atoms with Crippen LogP contribution in [0.25, 0.3) is 22.1 Å². The van der Waals surface area contributed by atoms with E-state index in [-0.39, 0.29) is 29.6 Å². The number of aromatic amines is 1. The summed E-state index contributed by atoms with van der Waals surface area (Å²) < 4.78 is 13.4. The van der Waals surface area contributed by atoms with Gasteiger partial charge >= 0.3 is 0 Å². The topological polar surface area (TPSA) is 74.8 Å². The fraction of sp³-hybridized carbons (Fsp3) is 0.412. The number of hydrogen-bond acceptors (Lipinski definition) is 5. The van der Waals surface area contributed by atoms with Crippen molar-refractivity contribution in [3.05, 3.63) is 24.0 Å². The van der Waals surface area contributed by atoms with Crippen molar-refractivity contribution >= 4 is 39.7 Å². The Balaban J connectivity index is 1.80. The van der Waals surface area contributed by atoms with Crippen molar-refractivity contribution in [1.82, 2.24) is 25.1 Å². The van der Waals surface area contributed by atoms with E-state index in [1.165, 1.54) is 23.9 Å². The Morgan fingerprint density at radius 2 is 1.96 bits per heavy atom. The van der Waals surface area contributed by atoms with Crippen molar-refractivity contribution in [3.8, 4) is 0 Å². The van der Waals surface area contributed by atoms with Crippen molar-refractivity contribution in [3.63, 3.8) is 0 Å². The van der Waals surface area contributed by atoms with Crippen LogP contribution >= 0.6 is 11.8 Å². The van der Waals surface area contributed by atoms with Gasteiger partial charge in [0.05, 0.1) is 5.75 Å². The molecule has 0 aliphatic carbocycles. The van der Waals surface area contributed by atoms with E-state index in [0.717, 1.165) is 5.52 Å². The van der Waals surface area contributed by atoms with Crippen molar-refractivity contribution < 1.29 is 9.18 Å². The van der Waals surface area contributed by atoms with E-state index in [4.69, 9.17) is 0 Å². The first kappa shape index (κ1) is 17.6. The highest BCUT2D eigenvalue weighted by Gasteiger charge is 2.20. The summed E-state index contributed by atoms with van der Waals surface area (Å²) in [6.45, 7) is 7.99. The third-order valence-electron chi connectivity index (χ3n) is 3.88. The molecule has 0 unspecified atom stereocenters. The van der Waals surface area contributed by atoms with Gasteiger partial charge in [0.25, 0.3) is 0 Å². The summed E-state index contributed by atoms with van der Waals surface area (Å²) in [6.07, 6.45) is 0. The molecular weight excluding hydrogens is 341 g/mol. The van der Waals surface area contributed by atoms with Crippen LogP contribution in [-0.4, -0.2) is 48.8 Å². The molecule has 2 aromatic heterocycles. The van der Waals surface area contributed by atoms with Gasteiger partial charge in [-0.15, -0.1) is 10.2 Å². The number of hydrogen-bond donors (Lipinski definition) is 1. The van der Waals surface area contributed by atoms with Gasteiger partial charge in [-0.05, 0) is 45.9 Å². The molecule has 0 saturated heterocycles. The van der Waals surface area contributed by atoms with Crippen LogP contribution in [0.5, 0.6) is 0 Å². The molecule has 0 radical (unpaired) electrons. The summed E-state index contributed by atoms with van der Waals surface area (Å²) in [5.74, 6) is -0.0441. The Kier molecular flexibility index (Phi) is 4.89. The fourth-order valence-electron chi connectivity index (χ4n) is 2.96. The largest absolute Gasteiger partial charge is 0.338 e. The number of fused-ring (bicyclic) bond motifs is 3. The van der Waals surface area contributed by atoms with E-state index in [0.29, 0.717) is 21.7 Å². The van der Waals surface area contributed by atoms with Crippen LogP contribution in [0.1, 0.15) is 27.7 Å². The zero-order chi connectivity index (χ0) is 18.1. The molecule has 8 heteroatoms. The van der Waals surface area contributed by atoms with Gasteiger partial charge in [-0.25, -0.2) is 9.37 Å². The Morgan fingerprint density at radius 3 is 2.64 bits per heavy atom. The van der Waals surface area contributed by atoms with Crippen molar-refractivity contribution in [2.45, 2.75) is 44.9 Å². The lowest BCUT2D eigenvalue weighted by molar-refractivity contribution is -0.131. The van der Waals surface area contributed by atoms with Gasteiger partial charge in [0.15, 0.2) is 5.65 Å². The zero-order valence-corrected chi connectivity index (χ0v) is 15.4. The number of aromatic nitrogens is 4. The summed E-state index contributed by atoms with van der Waals surface area (Å²) in [5.41, 5.74) is 1.81. The summed E-state index contributed by atoms with van der Waals surface area (Å²) >= 11 is 1.25. The first-order valence-corrected chi connectivity index (χ1v) is 9.11. The van der Waals surface area contributed by atoms with Crippen LogP contribution in [0.2, 0.25) is 0 Å². The van der Waals surface area contributed by atoms with E-state index in [2.05, 4.69) is 20.2 Å². The van der Waals surface area contributed by atoms with Crippen LogP contribution in [-0.2, 0) is 4.79 Å². The second-order valence-electron chi connectivity index (χ2n) is 6.38. The molecule has 25 heavy (non-hydrogen) atoms. The molecule has 3 rings (SSSR count). The number of rotatable bonds is 5. The monoisotopic (exact) mass is 361 g/mol. The van der Waals surface area contributed by atoms with Crippen molar-refractivity contribution in [1.29, 1.82) is 0 Å². The third kappa shape index (κ3) is 3.58. The van der Waals surface area contributed by atoms with Crippen LogP contribution in [0, 0.1) is 5.82 Å². The first-order valence-electron chi connectivity index (χ1n) is 8.12. The Morgan fingerprint density at radius 1 is 1.24 bits per heavy atom. The van der Waals surface area contributed by atoms with E-state index in [1.807, 2.05) is 32.6 Å². The van der Waals surface area contributed by atoms with Gasteiger partial charge in [-0.3, -0.25) is 4.79 Å². The fourth-order valence-corrected chi connectivity index (χ4v) is 3.62. The second-order valence-corrected chi connectivity index (χ2v) is 7.33. The standard InChI is InChI=1S/C17H20FN5OS/c1-9(2)23(10(3)4)14(24)8-25-17-20-16-15(21-22-17)12-7-11(18)5-6-13(12)19-16/h5-7,9-10H,8H2,1-4H3,(H,19,20,22). The molecule has 0 spiro atoms. The van der Waals surface area contributed by atoms with Crippen LogP contribution < -0.4 is 0 Å². The van der Waals surface area contributed by atoms with Gasteiger partial charge < -0.3 is 9.88 Å². The summed E-state index contributed by atoms with van der Waals surface area (Å²) in [4.78, 5) is 21.8. The lowest BCUT2D eigenvalue weighted by Crippen LogP contribution is -2.43. The number of H-pyrrole nitrogens is 1. The minimum atomic E-state index is -0.332. The summed E-state index contributed by atoms with van der Waals surface area (Å²) in [7, 11) is 0. The number of nitrogens with zero attached hydrogens (tertiary/aromatic N) is 4. The number of halogens is 1. The predicted molar refractivity (Wildman–Crippen MR) is 97.0 cm³/mol. The molecule has 0 fully saturated rings. The number of carbonyl (C=O) groups is 1. The van der Waals surface area contributed by atoms with Crippen LogP contribution in [0.15, 0.2) is 23.4 Å². The molecule has 0 aliphatic heterocycles. The number of carbonyl (C=O) groups excluding carboxylic acids is 1. The molecule has 2 heterocycles. The molecular formula is C17H20FN5OS. The van der Waals surface area contributed by atoms with Gasteiger partial charge in [0, 0.05) is 23.0 Å². The molecule has 0 saturated carbocycles. The van der Waals surface area contributed by atoms with Crippen LogP contribution in [0.3, 0.4) is 0 Å². The maximum Gasteiger partial charge on any atom is 0.233 e. The van der Waals surface area contributed by atoms with E-state index in [1.54, 1.807) is 6.07 Å². The quantitative estimate of drug-likeness (QED) is 0.705. The molecule has 0 atom stereocenters. The Labute approximate surface area is 149 Å². The highest BCUT2D eigenvalue weighted by Crippen LogP contribution is 2.24. The molecule has 0 bridgehead atoms. The van der Waals surface area contributed by atoms with Crippen LogP contribution in [0.4, 0.5) is 4.39 Å². The average molecular weight is 361 g/mol. The molecule has 1 amide bonds. The van der Waals surface area contributed by atoms with E-state index in [9.17, 15) is 9.18 Å². The average Bonchev–Trinajstić information content (AvgIpc) is 2.89. The molecule has 132 valence electrons. The van der Waals surface area contributed by atoms with Crippen molar-refractivity contribution in [2.24, 2.45) is 0 Å². The van der Waals surface area contributed by atoms with Crippen molar-refractivity contribution in [2.75, 3.05) is 5.75 Å². The molecule has 1 N–H and O–H groups in total. The SMILES string of the molecule is CC(C)N(C(=O)CSc1nnc2c(n1)[nH]c1ccc(F)cc12)C(C)C. The van der Waals surface area contributed by atoms with Gasteiger partial charge in [-0.2, -0.15) is 0 Å². The minimum Gasteiger partial charge on any atom is -0.338 e. The summed E-state index contributed by atoms with van der Waals surface area (Å²) in [6, 6.07) is 4.71. The lowest BCUT2D eigenvalue weighted by Gasteiger charge is -2.30. The maximum atomic E-state index is 13.4. The molecule has 6 nitrogen and oxygen atoms in total. The maximum absolute atomic E-state index is 13.4. The van der Waals surface area contributed by atoms with Gasteiger partial charge in [-0.1, -0.05) is 11.8 Å². The normalized spacial score (nSPS) is 11.8. The van der Waals surface area contributed by atoms with Gasteiger partial charge in [0.2, 0.25) is 11.1 Å². The zero-order valence-electron chi connectivity index (χ0n) is 14.6.